The molecule has 0 bridgehead atoms. The lowest BCUT2D eigenvalue weighted by Gasteiger charge is -2.46. The van der Waals surface area contributed by atoms with Gasteiger partial charge in [0.25, 0.3) is 0 Å². The molecule has 2 unspecified atom stereocenters. The summed E-state index contributed by atoms with van der Waals surface area (Å²) in [6.07, 6.45) is 5.68. The van der Waals surface area contributed by atoms with Crippen molar-refractivity contribution < 1.29 is 19.1 Å². The molecule has 3 amide bonds. The van der Waals surface area contributed by atoms with Crippen LogP contribution in [0.25, 0.3) is 0 Å². The van der Waals surface area contributed by atoms with Crippen molar-refractivity contribution in [2.75, 3.05) is 26.3 Å². The van der Waals surface area contributed by atoms with Gasteiger partial charge in [-0.15, -0.1) is 0 Å². The second kappa shape index (κ2) is 9.25. The smallest absolute Gasteiger partial charge is 0.407 e. The van der Waals surface area contributed by atoms with Gasteiger partial charge in [-0.05, 0) is 56.9 Å². The van der Waals surface area contributed by atoms with Crippen LogP contribution in [0.4, 0.5) is 9.59 Å². The fraction of sp³-hybridized carbons (Fsp3) is 0.652. The predicted octanol–water partition coefficient (Wildman–Crippen LogP) is 3.40. The summed E-state index contributed by atoms with van der Waals surface area (Å²) in [6, 6.07) is 10.4. The lowest BCUT2D eigenvalue weighted by molar-refractivity contribution is -0.0382. The Morgan fingerprint density at radius 2 is 2.03 bits per heavy atom. The molecule has 30 heavy (non-hydrogen) atoms. The van der Waals surface area contributed by atoms with Crippen molar-refractivity contribution in [1.29, 1.82) is 0 Å². The van der Waals surface area contributed by atoms with E-state index in [4.69, 9.17) is 9.47 Å². The van der Waals surface area contributed by atoms with Crippen molar-refractivity contribution in [3.8, 4) is 0 Å². The molecule has 2 heterocycles. The number of nitrogens with one attached hydrogen (secondary N) is 2. The number of hydrogen-bond acceptors (Lipinski definition) is 4. The zero-order chi connectivity index (χ0) is 21.0. The van der Waals surface area contributed by atoms with Crippen LogP contribution in [-0.4, -0.2) is 61.0 Å². The molecule has 0 aromatic heterocycles. The maximum Gasteiger partial charge on any atom is 0.407 e. The summed E-state index contributed by atoms with van der Waals surface area (Å²) < 4.78 is 11.6. The monoisotopic (exact) mass is 415 g/mol. The Labute approximate surface area is 178 Å². The van der Waals surface area contributed by atoms with Crippen molar-refractivity contribution in [2.24, 2.45) is 0 Å². The first kappa shape index (κ1) is 21.0. The molecule has 164 valence electrons. The number of rotatable bonds is 5. The minimum absolute atomic E-state index is 0.0980. The van der Waals surface area contributed by atoms with E-state index in [2.05, 4.69) is 41.0 Å². The number of carbonyl (C=O) groups is 2. The van der Waals surface area contributed by atoms with Gasteiger partial charge in [0.05, 0.1) is 18.8 Å². The number of alkyl carbamates (subject to hydrolysis) is 1. The van der Waals surface area contributed by atoms with Crippen LogP contribution in [0.3, 0.4) is 0 Å². The molecule has 7 nitrogen and oxygen atoms in total. The molecule has 3 aliphatic rings. The molecule has 2 N–H and O–H groups in total. The number of piperidine rings is 1. The van der Waals surface area contributed by atoms with Crippen LogP contribution in [0.5, 0.6) is 0 Å². The summed E-state index contributed by atoms with van der Waals surface area (Å²) in [5, 5.41) is 5.90. The Bertz CT molecular complexity index is 735. The molecule has 1 saturated carbocycles. The van der Waals surface area contributed by atoms with E-state index in [1.165, 1.54) is 5.56 Å². The molecule has 2 saturated heterocycles. The SMILES string of the molecule is CCNC(=O)N1CCCC2(COC(=O)N2)C1COC1CCC(c2ccccc2)CC1. The number of amides is 3. The van der Waals surface area contributed by atoms with Crippen molar-refractivity contribution in [3.63, 3.8) is 0 Å². The number of nitrogens with zero attached hydrogens (tertiary/aromatic N) is 1. The van der Waals surface area contributed by atoms with Gasteiger partial charge in [0.15, 0.2) is 0 Å². The number of benzene rings is 1. The van der Waals surface area contributed by atoms with E-state index in [9.17, 15) is 9.59 Å². The Morgan fingerprint density at radius 3 is 2.70 bits per heavy atom. The average Bonchev–Trinajstić information content (AvgIpc) is 3.14. The third-order valence-electron chi connectivity index (χ3n) is 6.87. The van der Waals surface area contributed by atoms with Gasteiger partial charge >= 0.3 is 12.1 Å². The summed E-state index contributed by atoms with van der Waals surface area (Å²) in [4.78, 5) is 26.4. The standard InChI is InChI=1S/C23H33N3O4/c1-2-24-21(27)26-14-6-13-23(16-30-22(28)25-23)20(26)15-29-19-11-9-18(10-12-19)17-7-4-3-5-8-17/h3-5,7-8,18-20H,2,6,9-16H2,1H3,(H,24,27)(H,25,28). The Morgan fingerprint density at radius 1 is 1.27 bits per heavy atom. The lowest BCUT2D eigenvalue weighted by atomic mass is 9.81. The normalized spacial score (nSPS) is 31.3. The predicted molar refractivity (Wildman–Crippen MR) is 113 cm³/mol. The highest BCUT2D eigenvalue weighted by atomic mass is 16.6. The fourth-order valence-electron chi connectivity index (χ4n) is 5.23. The molecule has 1 aliphatic carbocycles. The molecular weight excluding hydrogens is 382 g/mol. The van der Waals surface area contributed by atoms with Gasteiger partial charge in [-0.2, -0.15) is 0 Å². The molecular formula is C23H33N3O4. The van der Waals surface area contributed by atoms with Crippen molar-refractivity contribution in [3.05, 3.63) is 35.9 Å². The summed E-state index contributed by atoms with van der Waals surface area (Å²) in [7, 11) is 0. The van der Waals surface area contributed by atoms with E-state index in [1.807, 2.05) is 11.8 Å². The minimum Gasteiger partial charge on any atom is -0.447 e. The first-order valence-electron chi connectivity index (χ1n) is 11.3. The van der Waals surface area contributed by atoms with E-state index in [1.54, 1.807) is 0 Å². The number of carbonyl (C=O) groups excluding carboxylic acids is 2. The highest BCUT2D eigenvalue weighted by molar-refractivity contribution is 5.76. The van der Waals surface area contributed by atoms with E-state index >= 15 is 0 Å². The van der Waals surface area contributed by atoms with Crippen LogP contribution in [-0.2, 0) is 9.47 Å². The van der Waals surface area contributed by atoms with Crippen molar-refractivity contribution in [1.82, 2.24) is 15.5 Å². The zero-order valence-electron chi connectivity index (χ0n) is 17.8. The van der Waals surface area contributed by atoms with Gasteiger partial charge in [-0.1, -0.05) is 30.3 Å². The molecule has 3 fully saturated rings. The van der Waals surface area contributed by atoms with Crippen LogP contribution >= 0.6 is 0 Å². The third-order valence-corrected chi connectivity index (χ3v) is 6.87. The second-order valence-electron chi connectivity index (χ2n) is 8.72. The van der Waals surface area contributed by atoms with Gasteiger partial charge in [0, 0.05) is 13.1 Å². The van der Waals surface area contributed by atoms with Crippen molar-refractivity contribution in [2.45, 2.75) is 69.1 Å². The first-order chi connectivity index (χ1) is 14.6. The van der Waals surface area contributed by atoms with Gasteiger partial charge in [-0.3, -0.25) is 0 Å². The maximum atomic E-state index is 12.7. The van der Waals surface area contributed by atoms with Gasteiger partial charge in [0.1, 0.15) is 12.1 Å². The first-order valence-corrected chi connectivity index (χ1v) is 11.3. The summed E-state index contributed by atoms with van der Waals surface area (Å²) in [5.74, 6) is 0.599. The van der Waals surface area contributed by atoms with Gasteiger partial charge in [0.2, 0.25) is 0 Å². The Balaban J connectivity index is 1.39. The molecule has 1 aromatic carbocycles. The van der Waals surface area contributed by atoms with Crippen molar-refractivity contribution >= 4 is 12.1 Å². The molecule has 4 rings (SSSR count). The maximum absolute atomic E-state index is 12.7. The summed E-state index contributed by atoms with van der Waals surface area (Å²) >= 11 is 0. The summed E-state index contributed by atoms with van der Waals surface area (Å²) in [6.45, 7) is 3.85. The number of likely N-dealkylation sites (tertiary alicyclic amines) is 1. The van der Waals surface area contributed by atoms with Gasteiger partial charge in [-0.25, -0.2) is 9.59 Å². The van der Waals surface area contributed by atoms with Crippen LogP contribution in [0.1, 0.15) is 56.9 Å². The number of urea groups is 1. The van der Waals surface area contributed by atoms with Gasteiger partial charge < -0.3 is 25.0 Å². The Hall–Kier alpha value is -2.28. The molecule has 1 aromatic rings. The largest absolute Gasteiger partial charge is 0.447 e. The van der Waals surface area contributed by atoms with E-state index in [-0.39, 0.29) is 24.8 Å². The van der Waals surface area contributed by atoms with Crippen LogP contribution in [0, 0.1) is 0 Å². The van der Waals surface area contributed by atoms with Crippen LogP contribution in [0.15, 0.2) is 30.3 Å². The average molecular weight is 416 g/mol. The number of cyclic esters (lactones) is 1. The fourth-order valence-corrected chi connectivity index (χ4v) is 5.23. The third kappa shape index (κ3) is 4.41. The minimum atomic E-state index is -0.554. The van der Waals surface area contributed by atoms with E-state index in [0.29, 0.717) is 25.6 Å². The molecule has 2 atom stereocenters. The molecule has 0 radical (unpaired) electrons. The quantitative estimate of drug-likeness (QED) is 0.772. The number of hydrogen-bond donors (Lipinski definition) is 2. The highest BCUT2D eigenvalue weighted by Crippen LogP contribution is 2.36. The highest BCUT2D eigenvalue weighted by Gasteiger charge is 2.52. The second-order valence-corrected chi connectivity index (χ2v) is 8.72. The van der Waals surface area contributed by atoms with Crippen LogP contribution in [0.2, 0.25) is 0 Å². The Kier molecular flexibility index (Phi) is 6.46. The van der Waals surface area contributed by atoms with E-state index < -0.39 is 11.6 Å². The van der Waals surface area contributed by atoms with Crippen LogP contribution < -0.4 is 10.6 Å². The molecule has 1 spiro atoms. The number of ether oxygens (including phenoxy) is 2. The zero-order valence-corrected chi connectivity index (χ0v) is 17.8. The van der Waals surface area contributed by atoms with E-state index in [0.717, 1.165) is 38.5 Å². The molecule has 7 heteroatoms. The lowest BCUT2D eigenvalue weighted by Crippen LogP contribution is -2.67. The molecule has 2 aliphatic heterocycles. The summed E-state index contributed by atoms with van der Waals surface area (Å²) in [5.41, 5.74) is 0.859. The topological polar surface area (TPSA) is 79.9 Å².